The average Bonchev–Trinajstić information content (AvgIpc) is 3.25. The van der Waals surface area contributed by atoms with Crippen LogP contribution in [0.5, 0.6) is 11.5 Å². The molecule has 1 aromatic rings. The minimum Gasteiger partial charge on any atom is -0.497 e. The number of hydrogen-bond acceptors (Lipinski definition) is 2. The second kappa shape index (κ2) is 10.5. The van der Waals surface area contributed by atoms with E-state index in [1.807, 2.05) is 6.07 Å². The smallest absolute Gasteiger partial charge is 0.126 e. The van der Waals surface area contributed by atoms with Crippen molar-refractivity contribution in [3.8, 4) is 11.5 Å². The van der Waals surface area contributed by atoms with Gasteiger partial charge in [0.15, 0.2) is 0 Å². The third-order valence-corrected chi connectivity index (χ3v) is 11.7. The summed E-state index contributed by atoms with van der Waals surface area (Å²) in [5, 5.41) is 0. The molecule has 2 fully saturated rings. The van der Waals surface area contributed by atoms with Crippen LogP contribution in [0.25, 0.3) is 5.57 Å². The van der Waals surface area contributed by atoms with Gasteiger partial charge < -0.3 is 9.47 Å². The lowest BCUT2D eigenvalue weighted by molar-refractivity contribution is -0.0448. The molecule has 0 N–H and O–H groups in total. The number of benzene rings is 1. The molecule has 5 rings (SSSR count). The number of allylic oxidation sites excluding steroid dienone is 4. The Morgan fingerprint density at radius 3 is 2.49 bits per heavy atom. The molecule has 0 amide bonds. The lowest BCUT2D eigenvalue weighted by Crippen LogP contribution is -2.49. The molecule has 0 heterocycles. The van der Waals surface area contributed by atoms with Gasteiger partial charge in [-0.15, -0.1) is 0 Å². The zero-order valence-electron chi connectivity index (χ0n) is 24.7. The molecule has 0 radical (unpaired) electrons. The van der Waals surface area contributed by atoms with Crippen LogP contribution >= 0.6 is 0 Å². The van der Waals surface area contributed by atoms with Crippen LogP contribution in [0.3, 0.4) is 0 Å². The summed E-state index contributed by atoms with van der Waals surface area (Å²) in [5.74, 6) is 7.15. The van der Waals surface area contributed by atoms with Gasteiger partial charge in [-0.3, -0.25) is 0 Å². The van der Waals surface area contributed by atoms with Gasteiger partial charge in [0.2, 0.25) is 0 Å². The highest BCUT2D eigenvalue weighted by atomic mass is 16.5. The fraction of sp³-hybridized carbons (Fsp3) is 0.714. The van der Waals surface area contributed by atoms with Gasteiger partial charge >= 0.3 is 0 Å². The molecular formula is C35H52O2. The van der Waals surface area contributed by atoms with Gasteiger partial charge in [0.05, 0.1) is 14.2 Å². The highest BCUT2D eigenvalue weighted by Crippen LogP contribution is 2.67. The quantitative estimate of drug-likeness (QED) is 0.351. The molecule has 2 heteroatoms. The lowest BCUT2D eigenvalue weighted by atomic mass is 9.47. The number of methoxy groups -OCH3 is 2. The van der Waals surface area contributed by atoms with Crippen molar-refractivity contribution in [2.24, 2.45) is 46.3 Å². The average molecular weight is 505 g/mol. The summed E-state index contributed by atoms with van der Waals surface area (Å²) in [4.78, 5) is 0. The van der Waals surface area contributed by atoms with Crippen LogP contribution in [0.1, 0.15) is 104 Å². The summed E-state index contributed by atoms with van der Waals surface area (Å²) in [7, 11) is 3.53. The van der Waals surface area contributed by atoms with E-state index in [2.05, 4.69) is 58.9 Å². The van der Waals surface area contributed by atoms with Gasteiger partial charge in [0.25, 0.3) is 0 Å². The first-order valence-electron chi connectivity index (χ1n) is 15.3. The number of hydrogen-bond donors (Lipinski definition) is 0. The van der Waals surface area contributed by atoms with Gasteiger partial charge in [-0.05, 0) is 121 Å². The van der Waals surface area contributed by atoms with Gasteiger partial charge in [-0.2, -0.15) is 0 Å². The lowest BCUT2D eigenvalue weighted by Gasteiger charge is -2.57. The van der Waals surface area contributed by atoms with Gasteiger partial charge in [-0.25, -0.2) is 0 Å². The summed E-state index contributed by atoms with van der Waals surface area (Å²) < 4.78 is 11.3. The molecule has 7 atom stereocenters. The second-order valence-corrected chi connectivity index (χ2v) is 14.0. The summed E-state index contributed by atoms with van der Waals surface area (Å²) in [6.07, 6.45) is 18.9. The molecule has 2 nitrogen and oxygen atoms in total. The Morgan fingerprint density at radius 2 is 1.76 bits per heavy atom. The minimum absolute atomic E-state index is 0.320. The monoisotopic (exact) mass is 504 g/mol. The maximum absolute atomic E-state index is 5.75. The van der Waals surface area contributed by atoms with Crippen LogP contribution in [-0.2, 0) is 0 Å². The zero-order chi connectivity index (χ0) is 26.4. The van der Waals surface area contributed by atoms with E-state index in [0.29, 0.717) is 10.8 Å². The Kier molecular flexibility index (Phi) is 7.60. The Morgan fingerprint density at radius 1 is 0.946 bits per heavy atom. The molecule has 1 aromatic carbocycles. The third-order valence-electron chi connectivity index (χ3n) is 11.7. The second-order valence-electron chi connectivity index (χ2n) is 14.0. The van der Waals surface area contributed by atoms with Gasteiger partial charge in [0.1, 0.15) is 11.5 Å². The molecule has 204 valence electrons. The van der Waals surface area contributed by atoms with Crippen molar-refractivity contribution in [1.82, 2.24) is 0 Å². The first-order valence-corrected chi connectivity index (χ1v) is 15.3. The zero-order valence-corrected chi connectivity index (χ0v) is 24.7. The summed E-state index contributed by atoms with van der Waals surface area (Å²) in [5.41, 5.74) is 5.09. The van der Waals surface area contributed by atoms with Crippen molar-refractivity contribution >= 4 is 5.57 Å². The normalized spacial score (nSPS) is 35.7. The third kappa shape index (κ3) is 4.70. The predicted molar refractivity (Wildman–Crippen MR) is 156 cm³/mol. The molecule has 0 spiro atoms. The molecule has 0 aromatic heterocycles. The van der Waals surface area contributed by atoms with E-state index in [9.17, 15) is 0 Å². The SMILES string of the molecule is COc1ccc(OC)c(C2=CC3=CC[C@H]4[C@@H]5CC[C@H]([C@H](C)CCCC(C)C)[C@@]5(C)CC[C@@H]4[C@@]3(C)CC2)c1. The molecule has 2 saturated carbocycles. The number of ether oxygens (including phenoxy) is 2. The van der Waals surface area contributed by atoms with Crippen LogP contribution in [0, 0.1) is 46.3 Å². The molecule has 37 heavy (non-hydrogen) atoms. The predicted octanol–water partition coefficient (Wildman–Crippen LogP) is 9.74. The molecule has 4 aliphatic carbocycles. The van der Waals surface area contributed by atoms with Gasteiger partial charge in [0, 0.05) is 5.56 Å². The highest BCUT2D eigenvalue weighted by molar-refractivity contribution is 5.75. The number of fused-ring (bicyclic) bond motifs is 5. The van der Waals surface area contributed by atoms with Crippen LogP contribution in [0.4, 0.5) is 0 Å². The summed E-state index contributed by atoms with van der Waals surface area (Å²) in [6, 6.07) is 6.21. The fourth-order valence-corrected chi connectivity index (χ4v) is 9.63. The molecule has 0 aliphatic heterocycles. The van der Waals surface area contributed by atoms with E-state index >= 15 is 0 Å². The Balaban J connectivity index is 1.37. The van der Waals surface area contributed by atoms with Crippen molar-refractivity contribution in [1.29, 1.82) is 0 Å². The van der Waals surface area contributed by atoms with E-state index < -0.39 is 0 Å². The molecule has 0 unspecified atom stereocenters. The molecule has 0 saturated heterocycles. The van der Waals surface area contributed by atoms with Crippen LogP contribution in [-0.4, -0.2) is 14.2 Å². The molecular weight excluding hydrogens is 452 g/mol. The van der Waals surface area contributed by atoms with E-state index in [1.54, 1.807) is 19.8 Å². The number of rotatable bonds is 8. The molecule has 4 aliphatic rings. The summed E-state index contributed by atoms with van der Waals surface area (Å²) >= 11 is 0. The topological polar surface area (TPSA) is 18.5 Å². The fourth-order valence-electron chi connectivity index (χ4n) is 9.63. The summed E-state index contributed by atoms with van der Waals surface area (Å²) in [6.45, 7) is 12.7. The van der Waals surface area contributed by atoms with E-state index in [-0.39, 0.29) is 0 Å². The van der Waals surface area contributed by atoms with Crippen LogP contribution in [0.2, 0.25) is 0 Å². The van der Waals surface area contributed by atoms with E-state index in [4.69, 9.17) is 9.47 Å². The van der Waals surface area contributed by atoms with Crippen molar-refractivity contribution < 1.29 is 9.47 Å². The Bertz CT molecular complexity index is 1030. The van der Waals surface area contributed by atoms with Crippen molar-refractivity contribution in [2.75, 3.05) is 14.2 Å². The largest absolute Gasteiger partial charge is 0.497 e. The maximum atomic E-state index is 5.75. The van der Waals surface area contributed by atoms with Crippen molar-refractivity contribution in [3.05, 3.63) is 41.5 Å². The van der Waals surface area contributed by atoms with E-state index in [1.165, 1.54) is 68.9 Å². The van der Waals surface area contributed by atoms with Crippen molar-refractivity contribution in [3.63, 3.8) is 0 Å². The first-order chi connectivity index (χ1) is 17.7. The Labute approximate surface area is 227 Å². The molecule has 0 bridgehead atoms. The van der Waals surface area contributed by atoms with Crippen LogP contribution < -0.4 is 9.47 Å². The maximum Gasteiger partial charge on any atom is 0.126 e. The first kappa shape index (κ1) is 26.9. The van der Waals surface area contributed by atoms with Gasteiger partial charge in [-0.1, -0.05) is 66.0 Å². The highest BCUT2D eigenvalue weighted by Gasteiger charge is 2.58. The Hall–Kier alpha value is -1.70. The van der Waals surface area contributed by atoms with E-state index in [0.717, 1.165) is 53.4 Å². The van der Waals surface area contributed by atoms with Crippen LogP contribution in [0.15, 0.2) is 35.9 Å². The van der Waals surface area contributed by atoms with Crippen molar-refractivity contribution in [2.45, 2.75) is 98.8 Å². The standard InChI is InChI=1S/C35H52O2/c1-23(2)9-8-10-24(3)30-14-15-31-28-13-11-26-21-25(29-22-27(36-6)12-16-33(29)37-7)17-19-34(26,4)32(28)18-20-35(30,31)5/h11-12,16,21-24,28,30-32H,8-10,13-15,17-20H2,1-7H3/t24-,28+,30-,31+,32+,34+,35-/m1/s1. The minimum atomic E-state index is 0.320.